The normalized spacial score (nSPS) is 31.8. The van der Waals surface area contributed by atoms with Gasteiger partial charge in [-0.3, -0.25) is 4.79 Å². The Balaban J connectivity index is 2.27. The molecule has 3 N–H and O–H groups in total. The maximum atomic E-state index is 10.4. The number of aliphatic carboxylic acids is 1. The molecule has 0 radical (unpaired) electrons. The van der Waals surface area contributed by atoms with Crippen LogP contribution in [0.25, 0.3) is 0 Å². The maximum Gasteiger partial charge on any atom is 0.320 e. The minimum absolute atomic E-state index is 0.0473. The van der Waals surface area contributed by atoms with Crippen molar-refractivity contribution in [2.75, 3.05) is 0 Å². The molecule has 70 valence electrons. The summed E-state index contributed by atoms with van der Waals surface area (Å²) in [5.41, 5.74) is 5.36. The van der Waals surface area contributed by atoms with Crippen LogP contribution in [0.4, 0.5) is 0 Å². The van der Waals surface area contributed by atoms with Gasteiger partial charge in [-0.15, -0.1) is 0 Å². The Bertz CT molecular complexity index is 172. The van der Waals surface area contributed by atoms with Crippen molar-refractivity contribution in [1.29, 1.82) is 0 Å². The van der Waals surface area contributed by atoms with E-state index in [0.29, 0.717) is 6.42 Å². The van der Waals surface area contributed by atoms with E-state index in [1.807, 2.05) is 6.92 Å². The molecule has 1 saturated heterocycles. The molecule has 1 aliphatic heterocycles. The summed E-state index contributed by atoms with van der Waals surface area (Å²) in [6.45, 7) is 1.99. The molecule has 12 heavy (non-hydrogen) atoms. The van der Waals surface area contributed by atoms with E-state index in [9.17, 15) is 4.79 Å². The molecule has 3 unspecified atom stereocenters. The van der Waals surface area contributed by atoms with E-state index in [0.717, 1.165) is 12.8 Å². The van der Waals surface area contributed by atoms with Gasteiger partial charge in [0.05, 0.1) is 12.2 Å². The molecule has 1 aliphatic rings. The van der Waals surface area contributed by atoms with Crippen LogP contribution in [0.15, 0.2) is 0 Å². The fourth-order valence-electron chi connectivity index (χ4n) is 1.44. The average Bonchev–Trinajstić information content (AvgIpc) is 2.35. The van der Waals surface area contributed by atoms with E-state index < -0.39 is 12.0 Å². The van der Waals surface area contributed by atoms with Gasteiger partial charge in [0.15, 0.2) is 0 Å². The van der Waals surface area contributed by atoms with Gasteiger partial charge >= 0.3 is 5.97 Å². The van der Waals surface area contributed by atoms with Crippen molar-refractivity contribution in [3.8, 4) is 0 Å². The van der Waals surface area contributed by atoms with Crippen molar-refractivity contribution in [3.63, 3.8) is 0 Å². The van der Waals surface area contributed by atoms with Gasteiger partial charge in [0.1, 0.15) is 6.04 Å². The summed E-state index contributed by atoms with van der Waals surface area (Å²) in [5, 5.41) is 8.53. The fourth-order valence-corrected chi connectivity index (χ4v) is 1.44. The van der Waals surface area contributed by atoms with Crippen LogP contribution < -0.4 is 5.73 Å². The van der Waals surface area contributed by atoms with E-state index in [1.165, 1.54) is 0 Å². The third-order valence-corrected chi connectivity index (χ3v) is 2.15. The Morgan fingerprint density at radius 3 is 2.83 bits per heavy atom. The zero-order valence-corrected chi connectivity index (χ0v) is 7.19. The van der Waals surface area contributed by atoms with Crippen molar-refractivity contribution < 1.29 is 14.6 Å². The smallest absolute Gasteiger partial charge is 0.320 e. The Kier molecular flexibility index (Phi) is 3.05. The molecule has 1 fully saturated rings. The second-order valence-electron chi connectivity index (χ2n) is 3.33. The fraction of sp³-hybridized carbons (Fsp3) is 0.875. The number of hydrogen-bond acceptors (Lipinski definition) is 3. The van der Waals surface area contributed by atoms with Crippen LogP contribution in [-0.2, 0) is 9.53 Å². The number of hydrogen-bond donors (Lipinski definition) is 2. The summed E-state index contributed by atoms with van der Waals surface area (Å²) in [4.78, 5) is 10.4. The Morgan fingerprint density at radius 1 is 1.75 bits per heavy atom. The molecule has 3 atom stereocenters. The summed E-state index contributed by atoms with van der Waals surface area (Å²) in [5.74, 6) is -0.946. The topological polar surface area (TPSA) is 72.6 Å². The van der Waals surface area contributed by atoms with Crippen LogP contribution in [-0.4, -0.2) is 29.3 Å². The molecule has 0 aliphatic carbocycles. The van der Waals surface area contributed by atoms with Crippen LogP contribution >= 0.6 is 0 Å². The molecule has 0 aromatic rings. The van der Waals surface area contributed by atoms with Crippen LogP contribution in [0.2, 0.25) is 0 Å². The lowest BCUT2D eigenvalue weighted by Gasteiger charge is -2.13. The van der Waals surface area contributed by atoms with Crippen LogP contribution in [0, 0.1) is 0 Å². The number of carboxylic acid groups (broad SMARTS) is 1. The molecule has 1 heterocycles. The van der Waals surface area contributed by atoms with Gasteiger partial charge in [-0.05, 0) is 26.2 Å². The van der Waals surface area contributed by atoms with E-state index in [4.69, 9.17) is 15.6 Å². The second kappa shape index (κ2) is 3.87. The van der Waals surface area contributed by atoms with E-state index in [-0.39, 0.29) is 12.2 Å². The molecule has 0 amide bonds. The van der Waals surface area contributed by atoms with Crippen molar-refractivity contribution in [2.24, 2.45) is 5.73 Å². The third-order valence-electron chi connectivity index (χ3n) is 2.15. The van der Waals surface area contributed by atoms with Crippen molar-refractivity contribution in [2.45, 2.75) is 44.4 Å². The summed E-state index contributed by atoms with van der Waals surface area (Å²) in [7, 11) is 0. The highest BCUT2D eigenvalue weighted by atomic mass is 16.5. The minimum atomic E-state index is -0.946. The van der Waals surface area contributed by atoms with Gasteiger partial charge in [0.25, 0.3) is 0 Å². The van der Waals surface area contributed by atoms with Crippen molar-refractivity contribution in [1.82, 2.24) is 0 Å². The van der Waals surface area contributed by atoms with E-state index in [1.54, 1.807) is 0 Å². The minimum Gasteiger partial charge on any atom is -0.480 e. The molecular weight excluding hydrogens is 158 g/mol. The largest absolute Gasteiger partial charge is 0.480 e. The zero-order valence-electron chi connectivity index (χ0n) is 7.19. The Morgan fingerprint density at radius 2 is 2.42 bits per heavy atom. The van der Waals surface area contributed by atoms with Crippen LogP contribution in [0.5, 0.6) is 0 Å². The van der Waals surface area contributed by atoms with Gasteiger partial charge in [0, 0.05) is 0 Å². The first-order valence-corrected chi connectivity index (χ1v) is 4.23. The number of rotatable bonds is 3. The molecule has 0 saturated carbocycles. The van der Waals surface area contributed by atoms with Gasteiger partial charge in [0.2, 0.25) is 0 Å². The number of carboxylic acids is 1. The first kappa shape index (κ1) is 9.48. The van der Waals surface area contributed by atoms with Gasteiger partial charge in [-0.25, -0.2) is 0 Å². The number of carbonyl (C=O) groups is 1. The predicted octanol–water partition coefficient (Wildman–Crippen LogP) is 0.356. The van der Waals surface area contributed by atoms with Gasteiger partial charge in [-0.1, -0.05) is 0 Å². The lowest BCUT2D eigenvalue weighted by Crippen LogP contribution is -2.34. The van der Waals surface area contributed by atoms with Crippen LogP contribution in [0.3, 0.4) is 0 Å². The Labute approximate surface area is 71.7 Å². The molecule has 1 rings (SSSR count). The monoisotopic (exact) mass is 173 g/mol. The van der Waals surface area contributed by atoms with Crippen molar-refractivity contribution in [3.05, 3.63) is 0 Å². The van der Waals surface area contributed by atoms with E-state index >= 15 is 0 Å². The molecule has 0 spiro atoms. The average molecular weight is 173 g/mol. The third kappa shape index (κ3) is 2.46. The molecule has 4 nitrogen and oxygen atoms in total. The SMILES string of the molecule is CC1CCC(CC(N)C(=O)O)O1. The highest BCUT2D eigenvalue weighted by molar-refractivity contribution is 5.73. The zero-order chi connectivity index (χ0) is 9.14. The standard InChI is InChI=1S/C8H15NO3/c1-5-2-3-6(12-5)4-7(9)8(10)11/h5-7H,2-4,9H2,1H3,(H,10,11). The number of ether oxygens (including phenoxy) is 1. The summed E-state index contributed by atoms with van der Waals surface area (Å²) in [6.07, 6.45) is 2.68. The molecule has 0 bridgehead atoms. The maximum absolute atomic E-state index is 10.4. The number of nitrogens with two attached hydrogens (primary N) is 1. The second-order valence-corrected chi connectivity index (χ2v) is 3.33. The predicted molar refractivity (Wildman–Crippen MR) is 43.8 cm³/mol. The molecule has 0 aromatic heterocycles. The summed E-state index contributed by atoms with van der Waals surface area (Å²) < 4.78 is 5.44. The van der Waals surface area contributed by atoms with E-state index in [2.05, 4.69) is 0 Å². The quantitative estimate of drug-likeness (QED) is 0.646. The first-order chi connectivity index (χ1) is 5.59. The molecule has 4 heteroatoms. The first-order valence-electron chi connectivity index (χ1n) is 4.23. The van der Waals surface area contributed by atoms with Gasteiger partial charge < -0.3 is 15.6 Å². The summed E-state index contributed by atoms with van der Waals surface area (Å²) >= 11 is 0. The molecule has 0 aromatic carbocycles. The highest BCUT2D eigenvalue weighted by Gasteiger charge is 2.25. The van der Waals surface area contributed by atoms with Crippen molar-refractivity contribution >= 4 is 5.97 Å². The lowest BCUT2D eigenvalue weighted by molar-refractivity contribution is -0.139. The van der Waals surface area contributed by atoms with Crippen LogP contribution in [0.1, 0.15) is 26.2 Å². The van der Waals surface area contributed by atoms with Gasteiger partial charge in [-0.2, -0.15) is 0 Å². The lowest BCUT2D eigenvalue weighted by atomic mass is 10.1. The highest BCUT2D eigenvalue weighted by Crippen LogP contribution is 2.22. The Hall–Kier alpha value is -0.610. The summed E-state index contributed by atoms with van der Waals surface area (Å²) in [6, 6.07) is -0.778. The molecular formula is C8H15NO3.